The number of carbonyl (C=O) groups is 4. The first-order valence-corrected chi connectivity index (χ1v) is 25.5. The lowest BCUT2D eigenvalue weighted by Gasteiger charge is -2.32. The Morgan fingerprint density at radius 3 is 1.48 bits per heavy atom. The summed E-state index contributed by atoms with van der Waals surface area (Å²) in [4.78, 5) is 58.4. The molecule has 4 aliphatic rings. The summed E-state index contributed by atoms with van der Waals surface area (Å²) in [6.07, 6.45) is 3.75. The first kappa shape index (κ1) is 56.6. The van der Waals surface area contributed by atoms with Gasteiger partial charge in [-0.1, -0.05) is 10.3 Å². The van der Waals surface area contributed by atoms with Crippen LogP contribution in [0.1, 0.15) is 111 Å². The van der Waals surface area contributed by atoms with Gasteiger partial charge in [0.1, 0.15) is 56.8 Å². The highest BCUT2D eigenvalue weighted by Gasteiger charge is 2.37. The lowest BCUT2D eigenvalue weighted by atomic mass is 9.92. The van der Waals surface area contributed by atoms with Crippen LogP contribution in [-0.2, 0) is 9.59 Å². The van der Waals surface area contributed by atoms with Crippen molar-refractivity contribution in [3.63, 3.8) is 0 Å². The molecule has 0 spiro atoms. The number of ether oxygens (including phenoxy) is 8. The summed E-state index contributed by atoms with van der Waals surface area (Å²) >= 11 is 0. The van der Waals surface area contributed by atoms with Gasteiger partial charge in [0, 0.05) is 60.3 Å². The molecule has 0 atom stereocenters. The number of carboxylic acids is 1. The van der Waals surface area contributed by atoms with Gasteiger partial charge in [-0.15, -0.1) is 0 Å². The van der Waals surface area contributed by atoms with Crippen molar-refractivity contribution in [1.29, 1.82) is 0 Å². The number of amides is 1. The highest BCUT2D eigenvalue weighted by atomic mass is 16.5. The largest absolute Gasteiger partial charge is 0.507 e. The normalized spacial score (nSPS) is 16.5. The zero-order valence-corrected chi connectivity index (χ0v) is 45.2. The number of fused-ring (bicyclic) bond motifs is 2. The molecule has 0 saturated carbocycles. The van der Waals surface area contributed by atoms with Gasteiger partial charge in [-0.25, -0.2) is 4.79 Å². The molecule has 2 aromatic heterocycles. The minimum atomic E-state index is -1.13. The molecule has 4 aliphatic heterocycles. The molecule has 23 heteroatoms. The van der Waals surface area contributed by atoms with Gasteiger partial charge >= 0.3 is 5.97 Å². The van der Waals surface area contributed by atoms with E-state index in [9.17, 15) is 29.4 Å². The average Bonchev–Trinajstić information content (AvgIpc) is 4.13. The third-order valence-corrected chi connectivity index (χ3v) is 13.4. The summed E-state index contributed by atoms with van der Waals surface area (Å²) in [5.74, 6) is 3.88. The number of Topliss-reactive ketones (excluding diaryl/α,β-unsaturated/α-hetero) is 2. The number of nitrogens with zero attached hydrogens (tertiary/aromatic N) is 5. The third-order valence-electron chi connectivity index (χ3n) is 13.4. The van der Waals surface area contributed by atoms with Crippen molar-refractivity contribution in [2.45, 2.75) is 89.3 Å². The number of carboxylic acid groups (broad SMARTS) is 1. The van der Waals surface area contributed by atoms with Crippen LogP contribution in [0.5, 0.6) is 57.5 Å². The van der Waals surface area contributed by atoms with Crippen molar-refractivity contribution in [3.8, 4) is 80.3 Å². The minimum Gasteiger partial charge on any atom is -0.507 e. The number of rotatable bonds is 14. The molecule has 6 heterocycles. The maximum Gasteiger partial charge on any atom is 0.341 e. The molecule has 0 unspecified atom stereocenters. The molecule has 0 radical (unpaired) electrons. The smallest absolute Gasteiger partial charge is 0.341 e. The Balaban J connectivity index is 0.000000172. The van der Waals surface area contributed by atoms with E-state index in [1.54, 1.807) is 79.2 Å². The van der Waals surface area contributed by atoms with E-state index >= 15 is 0 Å². The molecular weight excluding hydrogens is 1030 g/mol. The molecule has 6 aromatic rings. The minimum absolute atomic E-state index is 0.0343. The number of piperidine rings is 2. The Morgan fingerprint density at radius 1 is 0.620 bits per heavy atom. The second-order valence-corrected chi connectivity index (χ2v) is 20.3. The summed E-state index contributed by atoms with van der Waals surface area (Å²) in [6.45, 7) is 9.42. The summed E-state index contributed by atoms with van der Waals surface area (Å²) in [7, 11) is 6.36. The molecule has 79 heavy (non-hydrogen) atoms. The number of nitrogens with one attached hydrogen (secondary N) is 1. The van der Waals surface area contributed by atoms with E-state index in [1.165, 1.54) is 18.2 Å². The van der Waals surface area contributed by atoms with Crippen molar-refractivity contribution >= 4 is 23.4 Å². The number of hydrogen-bond acceptors (Lipinski definition) is 21. The molecule has 10 rings (SSSR count). The Kier molecular flexibility index (Phi) is 17.5. The van der Waals surface area contributed by atoms with Gasteiger partial charge in [0.05, 0.1) is 41.3 Å². The molecule has 0 aliphatic carbocycles. The predicted molar refractivity (Wildman–Crippen MR) is 281 cm³/mol. The third kappa shape index (κ3) is 13.8. The molecule has 420 valence electrons. The fourth-order valence-electron chi connectivity index (χ4n) is 9.47. The number of hydrogen-bond donors (Lipinski definition) is 4. The molecule has 2 saturated heterocycles. The van der Waals surface area contributed by atoms with Crippen molar-refractivity contribution in [2.75, 3.05) is 67.8 Å². The van der Waals surface area contributed by atoms with Gasteiger partial charge in [-0.05, 0) is 103 Å². The number of phenolic OH excluding ortho intramolecular Hbond substituents is 2. The molecule has 23 nitrogen and oxygen atoms in total. The predicted octanol–water partition coefficient (Wildman–Crippen LogP) is 7.81. The molecule has 1 amide bonds. The van der Waals surface area contributed by atoms with Crippen LogP contribution < -0.4 is 43.2 Å². The highest BCUT2D eigenvalue weighted by Crippen LogP contribution is 2.43. The maximum atomic E-state index is 12.8. The Labute approximate surface area is 455 Å². The van der Waals surface area contributed by atoms with Crippen LogP contribution in [0.2, 0.25) is 0 Å². The van der Waals surface area contributed by atoms with Gasteiger partial charge in [0.2, 0.25) is 23.4 Å². The molecule has 4 N–H and O–H groups in total. The van der Waals surface area contributed by atoms with Crippen LogP contribution in [0.3, 0.4) is 0 Å². The number of phenols is 2. The topological polar surface area (TPSA) is 296 Å². The molecule has 2 fully saturated rings. The van der Waals surface area contributed by atoms with Gasteiger partial charge in [-0.2, -0.15) is 9.97 Å². The van der Waals surface area contributed by atoms with Gasteiger partial charge < -0.3 is 72.5 Å². The second kappa shape index (κ2) is 24.4. The number of aliphatic carboxylic acids is 1. The van der Waals surface area contributed by atoms with Crippen molar-refractivity contribution in [1.82, 2.24) is 30.5 Å². The first-order chi connectivity index (χ1) is 37.8. The highest BCUT2D eigenvalue weighted by molar-refractivity contribution is 6.03. The van der Waals surface area contributed by atoms with E-state index in [0.29, 0.717) is 72.4 Å². The number of carbonyl (C=O) groups excluding carboxylic acids is 3. The Morgan fingerprint density at radius 2 is 1.05 bits per heavy atom. The fourth-order valence-corrected chi connectivity index (χ4v) is 9.47. The van der Waals surface area contributed by atoms with E-state index in [0.717, 1.165) is 42.9 Å². The van der Waals surface area contributed by atoms with Gasteiger partial charge in [0.15, 0.2) is 47.8 Å². The van der Waals surface area contributed by atoms with Crippen LogP contribution in [0.15, 0.2) is 69.7 Å². The van der Waals surface area contributed by atoms with E-state index < -0.39 is 23.8 Å². The molecular formula is C56H64N6O17. The summed E-state index contributed by atoms with van der Waals surface area (Å²) in [5, 5.41) is 40.2. The number of benzene rings is 4. The SMILES string of the molecule is CC1(C)CC(=O)c2c(O)cc(OCC(=O)O)cc2O1.COc1ccc(-c2noc(C3CCN(C(=O)COc4cc(O)c5c(c4)OC(C)(C)CC5=O)CC3)n2)cc1OC.COc1ccc(-c2noc(C3CCNCC3)n2)cc1OC. The van der Waals surface area contributed by atoms with E-state index in [-0.39, 0.29) is 88.5 Å². The van der Waals surface area contributed by atoms with Crippen LogP contribution in [0, 0.1) is 0 Å². The quantitative estimate of drug-likeness (QED) is 0.0808. The number of ketones is 2. The maximum absolute atomic E-state index is 12.8. The number of methoxy groups -OCH3 is 4. The van der Waals surface area contributed by atoms with Crippen LogP contribution >= 0.6 is 0 Å². The number of aromatic nitrogens is 4. The molecule has 0 bridgehead atoms. The van der Waals surface area contributed by atoms with E-state index in [1.807, 2.05) is 24.3 Å². The first-order valence-electron chi connectivity index (χ1n) is 25.5. The summed E-state index contributed by atoms with van der Waals surface area (Å²) < 4.78 is 54.2. The van der Waals surface area contributed by atoms with Crippen LogP contribution in [-0.4, -0.2) is 143 Å². The average molecular weight is 1090 g/mol. The van der Waals surface area contributed by atoms with Crippen LogP contribution in [0.25, 0.3) is 22.8 Å². The van der Waals surface area contributed by atoms with E-state index in [2.05, 4.69) is 25.6 Å². The van der Waals surface area contributed by atoms with Crippen molar-refractivity contribution < 1.29 is 81.4 Å². The van der Waals surface area contributed by atoms with E-state index in [4.69, 9.17) is 52.0 Å². The lowest BCUT2D eigenvalue weighted by molar-refractivity contribution is -0.139. The lowest BCUT2D eigenvalue weighted by Crippen LogP contribution is -2.40. The number of aromatic hydroxyl groups is 2. The summed E-state index contributed by atoms with van der Waals surface area (Å²) in [6, 6.07) is 16.5. The van der Waals surface area contributed by atoms with Crippen LogP contribution in [0.4, 0.5) is 0 Å². The molecule has 4 aromatic carbocycles. The zero-order valence-electron chi connectivity index (χ0n) is 45.2. The zero-order chi connectivity index (χ0) is 56.6. The summed E-state index contributed by atoms with van der Waals surface area (Å²) in [5.41, 5.74) is 0.515. The van der Waals surface area contributed by atoms with Crippen molar-refractivity contribution in [2.24, 2.45) is 0 Å². The number of likely N-dealkylation sites (tertiary alicyclic amines) is 1. The Hall–Kier alpha value is -8.60. The van der Waals surface area contributed by atoms with Crippen molar-refractivity contribution in [3.05, 3.63) is 83.6 Å². The van der Waals surface area contributed by atoms with Gasteiger partial charge in [0.25, 0.3) is 5.91 Å². The standard InChI is InChI=1S/C28H31N3O8.C15H19N3O3.C13H14O6/c1-28(2)14-20(33)25-19(32)12-18(13-23(25)38-28)37-15-24(34)31-9-7-16(8-10-31)27-29-26(30-39-27)17-5-6-21(35-3)22(11-17)36-4;1-19-12-4-3-11(9-13(12)20-2)14-17-15(21-18-14)10-5-7-16-8-6-10;1-13(2)5-9(15)12-8(14)3-7(4-10(12)19-13)18-6-11(16)17/h5-6,11-13,16,32H,7-10,14-15H2,1-4H3;3-4,9-10,16H,5-8H2,1-2H3;3-4,14H,5-6H2,1-2H3,(H,16,17). The Bertz CT molecular complexity index is 3170. The fraction of sp³-hybridized carbons (Fsp3) is 0.429. The second-order valence-electron chi connectivity index (χ2n) is 20.3. The van der Waals surface area contributed by atoms with Gasteiger partial charge in [-0.3, -0.25) is 14.4 Å². The monoisotopic (exact) mass is 1090 g/mol.